The number of rotatable bonds is 7. The van der Waals surface area contributed by atoms with Gasteiger partial charge in [-0.05, 0) is 36.6 Å². The second-order valence-corrected chi connectivity index (χ2v) is 10.3. The Kier molecular flexibility index (Phi) is 11.7. The molecular weight excluding hydrogens is 547 g/mol. The first kappa shape index (κ1) is 32.0. The first-order valence-electron chi connectivity index (χ1n) is 13.9. The summed E-state index contributed by atoms with van der Waals surface area (Å²) in [6, 6.07) is 6.81. The van der Waals surface area contributed by atoms with Gasteiger partial charge in [-0.1, -0.05) is 38.2 Å². The van der Waals surface area contributed by atoms with Gasteiger partial charge in [-0.25, -0.2) is 13.8 Å². The zero-order chi connectivity index (χ0) is 29.9. The van der Waals surface area contributed by atoms with Crippen LogP contribution in [-0.4, -0.2) is 43.7 Å². The second kappa shape index (κ2) is 14.9. The van der Waals surface area contributed by atoms with Gasteiger partial charge in [0.1, 0.15) is 11.5 Å². The number of aromatic amines is 1. The third-order valence-electron chi connectivity index (χ3n) is 6.78. The van der Waals surface area contributed by atoms with Gasteiger partial charge in [-0.3, -0.25) is 14.3 Å². The number of amides is 2. The number of halogens is 5. The highest BCUT2D eigenvalue weighted by molar-refractivity contribution is 5.92. The summed E-state index contributed by atoms with van der Waals surface area (Å²) in [5.41, 5.74) is 2.50. The van der Waals surface area contributed by atoms with Crippen molar-refractivity contribution in [2.45, 2.75) is 95.8 Å². The number of H-pyrrole nitrogens is 1. The zero-order valence-corrected chi connectivity index (χ0v) is 23.1. The molecular formula is C28H37F5N6O2. The summed E-state index contributed by atoms with van der Waals surface area (Å²) in [6.07, 6.45) is 4.09. The van der Waals surface area contributed by atoms with E-state index in [0.717, 1.165) is 6.42 Å². The summed E-state index contributed by atoms with van der Waals surface area (Å²) < 4.78 is 62.3. The molecule has 0 bridgehead atoms. The molecule has 8 nitrogen and oxygen atoms in total. The summed E-state index contributed by atoms with van der Waals surface area (Å²) in [7, 11) is 1.67. The maximum atomic E-state index is 12.2. The molecule has 0 unspecified atom stereocenters. The molecule has 3 aromatic rings. The molecule has 2 fully saturated rings. The highest BCUT2D eigenvalue weighted by atomic mass is 19.4. The Morgan fingerprint density at radius 3 is 2.17 bits per heavy atom. The number of carbonyl (C=O) groups excluding carboxylic acids is 2. The zero-order valence-electron chi connectivity index (χ0n) is 23.1. The van der Waals surface area contributed by atoms with E-state index in [-0.39, 0.29) is 31.8 Å². The van der Waals surface area contributed by atoms with E-state index in [2.05, 4.69) is 25.7 Å². The third-order valence-corrected chi connectivity index (χ3v) is 6.78. The third kappa shape index (κ3) is 11.5. The minimum Gasteiger partial charge on any atom is -0.352 e. The molecule has 2 aromatic heterocycles. The Morgan fingerprint density at radius 1 is 0.976 bits per heavy atom. The van der Waals surface area contributed by atoms with Crippen molar-refractivity contribution in [3.05, 3.63) is 47.5 Å². The van der Waals surface area contributed by atoms with E-state index >= 15 is 0 Å². The van der Waals surface area contributed by atoms with Crippen molar-refractivity contribution in [1.82, 2.24) is 30.4 Å². The predicted octanol–water partition coefficient (Wildman–Crippen LogP) is 6.33. The highest BCUT2D eigenvalue weighted by Gasteiger charge is 2.30. The minimum atomic E-state index is -4.35. The van der Waals surface area contributed by atoms with Crippen molar-refractivity contribution in [2.24, 2.45) is 7.05 Å². The molecule has 41 heavy (non-hydrogen) atoms. The van der Waals surface area contributed by atoms with E-state index < -0.39 is 30.8 Å². The molecule has 2 saturated carbocycles. The van der Waals surface area contributed by atoms with Gasteiger partial charge >= 0.3 is 6.18 Å². The van der Waals surface area contributed by atoms with Crippen molar-refractivity contribution in [3.63, 3.8) is 0 Å². The average molecular weight is 585 g/mol. The predicted molar refractivity (Wildman–Crippen MR) is 144 cm³/mol. The van der Waals surface area contributed by atoms with E-state index in [9.17, 15) is 31.5 Å². The van der Waals surface area contributed by atoms with Gasteiger partial charge in [0, 0.05) is 39.1 Å². The van der Waals surface area contributed by atoms with Gasteiger partial charge in [-0.15, -0.1) is 0 Å². The summed E-state index contributed by atoms with van der Waals surface area (Å²) in [6.45, 7) is 0.292. The van der Waals surface area contributed by atoms with Crippen LogP contribution in [0.2, 0.25) is 0 Å². The number of aryl methyl sites for hydroxylation is 1. The molecule has 13 heteroatoms. The molecule has 1 aromatic carbocycles. The topological polar surface area (TPSA) is 105 Å². The van der Waals surface area contributed by atoms with Crippen LogP contribution in [0, 0.1) is 0 Å². The van der Waals surface area contributed by atoms with E-state index in [1.807, 2.05) is 0 Å². The number of alkyl halides is 5. The molecule has 0 atom stereocenters. The molecule has 2 amide bonds. The van der Waals surface area contributed by atoms with Crippen LogP contribution in [0.5, 0.6) is 0 Å². The number of hydrogen-bond donors (Lipinski definition) is 3. The first-order chi connectivity index (χ1) is 19.4. The van der Waals surface area contributed by atoms with Crippen LogP contribution >= 0.6 is 0 Å². The SMILES string of the molecule is C1CCC1.Cn1nccc1C(=O)NCc1nc2ccc(CNC(=O)CCC(F)(F)F)cc2[nH]1.FC1(F)CCCCC1. The molecule has 226 valence electrons. The Bertz CT molecular complexity index is 1250. The summed E-state index contributed by atoms with van der Waals surface area (Å²) in [5, 5.41) is 9.14. The number of nitrogens with zero attached hydrogens (tertiary/aromatic N) is 3. The number of aromatic nitrogens is 4. The Balaban J connectivity index is 0.000000315. The molecule has 5 rings (SSSR count). The molecule has 2 aliphatic carbocycles. The minimum absolute atomic E-state index is 0.109. The fourth-order valence-electron chi connectivity index (χ4n) is 4.02. The normalized spacial score (nSPS) is 16.0. The number of hydrogen-bond acceptors (Lipinski definition) is 4. The van der Waals surface area contributed by atoms with Crippen LogP contribution in [0.1, 0.15) is 92.5 Å². The van der Waals surface area contributed by atoms with Crippen LogP contribution in [0.4, 0.5) is 22.0 Å². The fraction of sp³-hybridized carbons (Fsp3) is 0.571. The van der Waals surface area contributed by atoms with Crippen molar-refractivity contribution in [2.75, 3.05) is 0 Å². The molecule has 0 spiro atoms. The second-order valence-electron chi connectivity index (χ2n) is 10.3. The van der Waals surface area contributed by atoms with Gasteiger partial charge in [-0.2, -0.15) is 18.3 Å². The van der Waals surface area contributed by atoms with Crippen molar-refractivity contribution in [3.8, 4) is 0 Å². The Labute approximate surface area is 235 Å². The fourth-order valence-corrected chi connectivity index (χ4v) is 4.02. The maximum Gasteiger partial charge on any atom is 0.389 e. The molecule has 2 aliphatic rings. The first-order valence-corrected chi connectivity index (χ1v) is 13.9. The lowest BCUT2D eigenvalue weighted by Gasteiger charge is -2.20. The van der Waals surface area contributed by atoms with Crippen molar-refractivity contribution < 1.29 is 31.5 Å². The Hall–Kier alpha value is -3.51. The van der Waals surface area contributed by atoms with E-state index in [4.69, 9.17) is 0 Å². The van der Waals surface area contributed by atoms with Crippen LogP contribution in [0.3, 0.4) is 0 Å². The molecule has 0 radical (unpaired) electrons. The summed E-state index contributed by atoms with van der Waals surface area (Å²) in [4.78, 5) is 31.1. The number of carbonyl (C=O) groups is 2. The van der Waals surface area contributed by atoms with Crippen molar-refractivity contribution in [1.29, 1.82) is 0 Å². The van der Waals surface area contributed by atoms with Crippen LogP contribution in [0.15, 0.2) is 30.5 Å². The quantitative estimate of drug-likeness (QED) is 0.282. The van der Waals surface area contributed by atoms with Crippen LogP contribution in [0.25, 0.3) is 11.0 Å². The number of nitrogens with one attached hydrogen (secondary N) is 3. The molecule has 2 heterocycles. The largest absolute Gasteiger partial charge is 0.389 e. The highest BCUT2D eigenvalue weighted by Crippen LogP contribution is 2.32. The molecule has 0 aliphatic heterocycles. The average Bonchev–Trinajstić information content (AvgIpc) is 3.49. The van der Waals surface area contributed by atoms with E-state index in [0.29, 0.717) is 41.0 Å². The van der Waals surface area contributed by atoms with E-state index in [1.54, 1.807) is 31.3 Å². The maximum absolute atomic E-state index is 12.2. The number of imidazole rings is 1. The van der Waals surface area contributed by atoms with Gasteiger partial charge < -0.3 is 15.6 Å². The lowest BCUT2D eigenvalue weighted by molar-refractivity contribution is -0.144. The lowest BCUT2D eigenvalue weighted by atomic mass is 9.97. The van der Waals surface area contributed by atoms with Gasteiger partial charge in [0.15, 0.2) is 0 Å². The number of benzene rings is 1. The van der Waals surface area contributed by atoms with Gasteiger partial charge in [0.25, 0.3) is 5.91 Å². The van der Waals surface area contributed by atoms with Crippen molar-refractivity contribution >= 4 is 22.8 Å². The lowest BCUT2D eigenvalue weighted by Crippen LogP contribution is -2.25. The number of fused-ring (bicyclic) bond motifs is 1. The monoisotopic (exact) mass is 584 g/mol. The standard InChI is InChI=1S/C18H19F3N6O2.C6H10F2.C4H8/c1-27-14(5-7-24-27)17(29)23-10-15-25-12-3-2-11(8-13(12)26-15)9-22-16(28)4-6-18(19,20)21;7-6(8)4-2-1-3-5-6;1-2-4-3-1/h2-3,5,7-8H,4,6,9-10H2,1H3,(H,22,28)(H,23,29)(H,25,26);1-5H2;1-4H2. The summed E-state index contributed by atoms with van der Waals surface area (Å²) >= 11 is 0. The van der Waals surface area contributed by atoms with Crippen LogP contribution in [-0.2, 0) is 24.9 Å². The Morgan fingerprint density at radius 2 is 1.63 bits per heavy atom. The smallest absolute Gasteiger partial charge is 0.352 e. The summed E-state index contributed by atoms with van der Waals surface area (Å²) in [5.74, 6) is -2.72. The molecule has 3 N–H and O–H groups in total. The van der Waals surface area contributed by atoms with Crippen LogP contribution < -0.4 is 10.6 Å². The van der Waals surface area contributed by atoms with Gasteiger partial charge in [0.05, 0.1) is 24.0 Å². The van der Waals surface area contributed by atoms with E-state index in [1.165, 1.54) is 36.6 Å². The van der Waals surface area contributed by atoms with Gasteiger partial charge in [0.2, 0.25) is 11.8 Å². The molecule has 0 saturated heterocycles.